The molecule has 7 rings (SSSR count). The first-order valence-corrected chi connectivity index (χ1v) is 14.4. The van der Waals surface area contributed by atoms with Gasteiger partial charge in [0.1, 0.15) is 5.67 Å². The van der Waals surface area contributed by atoms with Gasteiger partial charge in [-0.25, -0.2) is 4.39 Å². The maximum absolute atomic E-state index is 14.1. The highest BCUT2D eigenvalue weighted by Gasteiger charge is 2.44. The van der Waals surface area contributed by atoms with E-state index in [0.717, 1.165) is 58.6 Å². The molecule has 1 aliphatic heterocycles. The number of likely N-dealkylation sites (tertiary alicyclic amines) is 1. The molecule has 5 aromatic rings. The van der Waals surface area contributed by atoms with Gasteiger partial charge in [-0.1, -0.05) is 17.4 Å². The monoisotopic (exact) mass is 599 g/mol. The minimum absolute atomic E-state index is 0.150. The first-order valence-electron chi connectivity index (χ1n) is 13.6. The second-order valence-corrected chi connectivity index (χ2v) is 11.9. The average Bonchev–Trinajstić information content (AvgIpc) is 3.37. The fourth-order valence-electron chi connectivity index (χ4n) is 5.38. The molecule has 14 heteroatoms. The Balaban J connectivity index is 1.04. The lowest BCUT2D eigenvalue weighted by molar-refractivity contribution is -0.156. The van der Waals surface area contributed by atoms with Crippen LogP contribution in [0.4, 0.5) is 17.6 Å². The van der Waals surface area contributed by atoms with E-state index in [-0.39, 0.29) is 28.9 Å². The largest absolute Gasteiger partial charge is 0.470 e. The van der Waals surface area contributed by atoms with Crippen LogP contribution in [0, 0.1) is 0 Å². The van der Waals surface area contributed by atoms with E-state index in [1.54, 1.807) is 10.6 Å². The fraction of sp³-hybridized carbons (Fsp3) is 0.393. The summed E-state index contributed by atoms with van der Waals surface area (Å²) in [4.78, 5) is 19.2. The Labute approximate surface area is 240 Å². The summed E-state index contributed by atoms with van der Waals surface area (Å²) in [6, 6.07) is 9.24. The number of hydrogen-bond donors (Lipinski definition) is 0. The van der Waals surface area contributed by atoms with E-state index in [1.807, 2.05) is 35.3 Å². The summed E-state index contributed by atoms with van der Waals surface area (Å²) >= 11 is 1.13. The lowest BCUT2D eigenvalue weighted by atomic mass is 10.0. The third-order valence-corrected chi connectivity index (χ3v) is 8.84. The number of aromatic nitrogens is 6. The average molecular weight is 600 g/mol. The van der Waals surface area contributed by atoms with E-state index >= 15 is 0 Å². The standard InChI is InChI=1S/C28H25F4N7O2S/c29-27(7-8-27)16-37-9-5-21(6-10-37)39-14-19(13-34-39)17-2-4-22-23(11-17)42-26(40)38(22)15-20-3-1-18(12-33-20)24-35-36-25(41-24)28(30,31)32/h1-4,11-14,21H,5-10,15-16H2. The number of fused-ring (bicyclic) bond motifs is 1. The highest BCUT2D eigenvalue weighted by atomic mass is 32.1. The molecule has 4 aromatic heterocycles. The zero-order valence-corrected chi connectivity index (χ0v) is 23.0. The van der Waals surface area contributed by atoms with Crippen LogP contribution in [0.3, 0.4) is 0 Å². The molecule has 0 unspecified atom stereocenters. The predicted molar refractivity (Wildman–Crippen MR) is 147 cm³/mol. The Morgan fingerprint density at radius 1 is 1.02 bits per heavy atom. The Morgan fingerprint density at radius 3 is 2.50 bits per heavy atom. The van der Waals surface area contributed by atoms with Crippen molar-refractivity contribution in [3.63, 3.8) is 0 Å². The van der Waals surface area contributed by atoms with E-state index in [0.29, 0.717) is 25.1 Å². The van der Waals surface area contributed by atoms with Crippen molar-refractivity contribution in [3.05, 3.63) is 70.2 Å². The van der Waals surface area contributed by atoms with Crippen molar-refractivity contribution in [1.82, 2.24) is 34.4 Å². The fourth-order valence-corrected chi connectivity index (χ4v) is 6.31. The van der Waals surface area contributed by atoms with Crippen molar-refractivity contribution < 1.29 is 22.0 Å². The molecule has 2 fully saturated rings. The van der Waals surface area contributed by atoms with Gasteiger partial charge in [-0.05, 0) is 55.5 Å². The van der Waals surface area contributed by atoms with Crippen molar-refractivity contribution in [1.29, 1.82) is 0 Å². The Hall–Kier alpha value is -3.91. The molecule has 218 valence electrons. The van der Waals surface area contributed by atoms with E-state index in [4.69, 9.17) is 4.42 Å². The molecule has 0 atom stereocenters. The summed E-state index contributed by atoms with van der Waals surface area (Å²) in [6.45, 7) is 2.47. The molecule has 2 aliphatic rings. The maximum atomic E-state index is 14.1. The van der Waals surface area contributed by atoms with Crippen LogP contribution in [0.25, 0.3) is 32.8 Å². The summed E-state index contributed by atoms with van der Waals surface area (Å²) in [5.41, 5.74) is 2.50. The SMILES string of the molecule is O=c1sc2cc(-c3cnn(C4CCN(CC5(F)CC5)CC4)c3)ccc2n1Cc1ccc(-c2nnc(C(F)(F)F)o2)cn1. The van der Waals surface area contributed by atoms with Crippen molar-refractivity contribution >= 4 is 21.6 Å². The minimum Gasteiger partial charge on any atom is -0.413 e. The summed E-state index contributed by atoms with van der Waals surface area (Å²) in [5.74, 6) is -1.71. The number of piperidine rings is 1. The van der Waals surface area contributed by atoms with Gasteiger partial charge >= 0.3 is 16.9 Å². The zero-order valence-electron chi connectivity index (χ0n) is 22.2. The molecule has 5 heterocycles. The van der Waals surface area contributed by atoms with Crippen molar-refractivity contribution in [3.8, 4) is 22.6 Å². The van der Waals surface area contributed by atoms with Gasteiger partial charge in [0.15, 0.2) is 0 Å². The molecular weight excluding hydrogens is 574 g/mol. The smallest absolute Gasteiger partial charge is 0.413 e. The van der Waals surface area contributed by atoms with E-state index < -0.39 is 17.7 Å². The number of rotatable bonds is 7. The van der Waals surface area contributed by atoms with Crippen LogP contribution >= 0.6 is 11.3 Å². The van der Waals surface area contributed by atoms with Gasteiger partial charge < -0.3 is 9.32 Å². The zero-order chi connectivity index (χ0) is 29.1. The van der Waals surface area contributed by atoms with E-state index in [1.165, 1.54) is 12.3 Å². The molecule has 9 nitrogen and oxygen atoms in total. The highest BCUT2D eigenvalue weighted by Crippen LogP contribution is 2.41. The van der Waals surface area contributed by atoms with Gasteiger partial charge in [0.05, 0.1) is 40.3 Å². The quantitative estimate of drug-likeness (QED) is 0.226. The van der Waals surface area contributed by atoms with Crippen LogP contribution in [-0.2, 0) is 12.7 Å². The Bertz CT molecular complexity index is 1800. The predicted octanol–water partition coefficient (Wildman–Crippen LogP) is 5.58. The second-order valence-electron chi connectivity index (χ2n) is 11.0. The molecule has 1 saturated carbocycles. The molecule has 1 aliphatic carbocycles. The van der Waals surface area contributed by atoms with Gasteiger partial charge in [0, 0.05) is 37.6 Å². The number of pyridine rings is 1. The number of nitrogens with zero attached hydrogens (tertiary/aromatic N) is 7. The first-order chi connectivity index (χ1) is 20.1. The summed E-state index contributed by atoms with van der Waals surface area (Å²) in [5, 5.41) is 11.1. The minimum atomic E-state index is -4.73. The topological polar surface area (TPSA) is 94.9 Å². The van der Waals surface area contributed by atoms with Crippen LogP contribution in [-0.4, -0.2) is 59.7 Å². The van der Waals surface area contributed by atoms with E-state index in [9.17, 15) is 22.4 Å². The van der Waals surface area contributed by atoms with Gasteiger partial charge in [-0.3, -0.25) is 19.0 Å². The molecule has 1 aromatic carbocycles. The third kappa shape index (κ3) is 5.36. The van der Waals surface area contributed by atoms with E-state index in [2.05, 4.69) is 25.2 Å². The highest BCUT2D eigenvalue weighted by molar-refractivity contribution is 7.16. The number of hydrogen-bond acceptors (Lipinski definition) is 8. The second kappa shape index (κ2) is 10.1. The van der Waals surface area contributed by atoms with Crippen molar-refractivity contribution in [2.45, 2.75) is 50.1 Å². The maximum Gasteiger partial charge on any atom is 0.470 e. The van der Waals surface area contributed by atoms with Crippen LogP contribution in [0.15, 0.2) is 58.1 Å². The third-order valence-electron chi connectivity index (χ3n) is 7.89. The molecule has 0 spiro atoms. The van der Waals surface area contributed by atoms with Crippen LogP contribution in [0.5, 0.6) is 0 Å². The Morgan fingerprint density at radius 2 is 1.81 bits per heavy atom. The van der Waals surface area contributed by atoms with Crippen LogP contribution in [0.2, 0.25) is 0 Å². The summed E-state index contributed by atoms with van der Waals surface area (Å²) in [6.07, 6.45) is 3.70. The van der Waals surface area contributed by atoms with Gasteiger partial charge in [0.25, 0.3) is 0 Å². The number of alkyl halides is 4. The van der Waals surface area contributed by atoms with Crippen LogP contribution < -0.4 is 4.87 Å². The van der Waals surface area contributed by atoms with Gasteiger partial charge in [0.2, 0.25) is 5.89 Å². The molecule has 0 amide bonds. The van der Waals surface area contributed by atoms with Gasteiger partial charge in [-0.15, -0.1) is 10.2 Å². The number of benzene rings is 1. The lowest BCUT2D eigenvalue weighted by Crippen LogP contribution is -2.39. The van der Waals surface area contributed by atoms with Gasteiger partial charge in [-0.2, -0.15) is 18.3 Å². The lowest BCUT2D eigenvalue weighted by Gasteiger charge is -2.32. The molecular formula is C28H25F4N7O2S. The summed E-state index contributed by atoms with van der Waals surface area (Å²) < 4.78 is 61.5. The molecule has 0 radical (unpaired) electrons. The normalized spacial score (nSPS) is 17.7. The van der Waals surface area contributed by atoms with Crippen molar-refractivity contribution in [2.24, 2.45) is 0 Å². The molecule has 42 heavy (non-hydrogen) atoms. The van der Waals surface area contributed by atoms with Crippen LogP contribution in [0.1, 0.15) is 43.3 Å². The first kappa shape index (κ1) is 27.0. The molecule has 1 saturated heterocycles. The van der Waals surface area contributed by atoms with Crippen molar-refractivity contribution in [2.75, 3.05) is 19.6 Å². The molecule has 0 N–H and O–H groups in total. The number of halogens is 4. The molecule has 0 bridgehead atoms. The Kier molecular flexibility index (Phi) is 6.50. The number of thiazole rings is 1. The summed E-state index contributed by atoms with van der Waals surface area (Å²) in [7, 11) is 0.